The molecule has 0 radical (unpaired) electrons. The van der Waals surface area contributed by atoms with Crippen molar-refractivity contribution in [2.24, 2.45) is 0 Å². The molecular formula is C73H130O17P2. The van der Waals surface area contributed by atoms with Crippen molar-refractivity contribution >= 4 is 39.5 Å². The van der Waals surface area contributed by atoms with Crippen molar-refractivity contribution in [2.75, 3.05) is 39.6 Å². The van der Waals surface area contributed by atoms with Gasteiger partial charge in [0.25, 0.3) is 0 Å². The van der Waals surface area contributed by atoms with Gasteiger partial charge in [-0.25, -0.2) is 9.13 Å². The van der Waals surface area contributed by atoms with Crippen molar-refractivity contribution in [2.45, 2.75) is 329 Å². The quantitative estimate of drug-likeness (QED) is 0.0169. The molecule has 0 fully saturated rings. The average molecular weight is 1340 g/mol. The molecule has 0 aliphatic heterocycles. The van der Waals surface area contributed by atoms with E-state index in [1.165, 1.54) is 64.2 Å². The number of aliphatic hydroxyl groups excluding tert-OH is 1. The van der Waals surface area contributed by atoms with Crippen LogP contribution in [0.4, 0.5) is 0 Å². The van der Waals surface area contributed by atoms with Crippen LogP contribution in [0.1, 0.15) is 310 Å². The lowest BCUT2D eigenvalue weighted by molar-refractivity contribution is -0.161. The predicted octanol–water partition coefficient (Wildman–Crippen LogP) is 20.1. The second kappa shape index (κ2) is 66.1. The normalized spacial score (nSPS) is 14.5. The molecule has 0 heterocycles. The summed E-state index contributed by atoms with van der Waals surface area (Å²) >= 11 is 0. The van der Waals surface area contributed by atoms with Crippen LogP contribution in [0, 0.1) is 0 Å². The molecule has 0 aromatic carbocycles. The average Bonchev–Trinajstić information content (AvgIpc) is 2.39. The smallest absolute Gasteiger partial charge is 0.462 e. The number of allylic oxidation sites excluding steroid dienone is 12. The van der Waals surface area contributed by atoms with Crippen LogP contribution < -0.4 is 0 Å². The van der Waals surface area contributed by atoms with Crippen LogP contribution in [0.2, 0.25) is 0 Å². The van der Waals surface area contributed by atoms with Gasteiger partial charge in [0, 0.05) is 25.7 Å². The number of rotatable bonds is 68. The summed E-state index contributed by atoms with van der Waals surface area (Å²) in [6.45, 7) is 4.70. The molecule has 5 atom stereocenters. The van der Waals surface area contributed by atoms with Gasteiger partial charge in [0.2, 0.25) is 0 Å². The number of carbonyl (C=O) groups excluding carboxylic acids is 4. The fraction of sp³-hybridized carbons (Fsp3) is 0.781. The third-order valence-electron chi connectivity index (χ3n) is 15.1. The number of phosphoric acid groups is 2. The summed E-state index contributed by atoms with van der Waals surface area (Å²) in [6, 6.07) is 0. The van der Waals surface area contributed by atoms with Crippen LogP contribution in [0.25, 0.3) is 0 Å². The SMILES string of the molecule is CCCC/C=C\CCCCCCCC(=O)OCC(COP(=O)(O)OCC(O)COP(=O)(O)OCC(COC(=O)CCCCCCC/C=C\C/C=C\CCCCC)OC(=O)CCCCCCC/C=C\C/C=C\CCCCC)OC(=O)CCCCCCC/C=C\CCCC. The molecule has 0 aliphatic carbocycles. The molecule has 17 nitrogen and oxygen atoms in total. The highest BCUT2D eigenvalue weighted by Gasteiger charge is 2.30. The van der Waals surface area contributed by atoms with Crippen LogP contribution in [0.15, 0.2) is 72.9 Å². The van der Waals surface area contributed by atoms with Gasteiger partial charge in [0.05, 0.1) is 26.4 Å². The van der Waals surface area contributed by atoms with Crippen LogP contribution in [0.3, 0.4) is 0 Å². The zero-order valence-electron chi connectivity index (χ0n) is 58.0. The van der Waals surface area contributed by atoms with Gasteiger partial charge in [-0.3, -0.25) is 37.3 Å². The third kappa shape index (κ3) is 65.2. The number of unbranched alkanes of at least 4 members (excludes halogenated alkanes) is 30. The minimum absolute atomic E-state index is 0.0777. The molecule has 0 aliphatic rings. The Morgan fingerprint density at radius 1 is 0.304 bits per heavy atom. The van der Waals surface area contributed by atoms with E-state index < -0.39 is 97.5 Å². The van der Waals surface area contributed by atoms with Crippen LogP contribution in [-0.4, -0.2) is 96.7 Å². The first kappa shape index (κ1) is 88.5. The van der Waals surface area contributed by atoms with E-state index in [9.17, 15) is 43.2 Å². The lowest BCUT2D eigenvalue weighted by Crippen LogP contribution is -2.30. The highest BCUT2D eigenvalue weighted by molar-refractivity contribution is 7.47. The Bertz CT molecular complexity index is 2040. The fourth-order valence-corrected chi connectivity index (χ4v) is 11.1. The maximum atomic E-state index is 13.0. The number of aliphatic hydroxyl groups is 1. The summed E-state index contributed by atoms with van der Waals surface area (Å²) in [5.74, 6) is -2.21. The lowest BCUT2D eigenvalue weighted by Gasteiger charge is -2.21. The summed E-state index contributed by atoms with van der Waals surface area (Å²) < 4.78 is 68.2. The van der Waals surface area contributed by atoms with E-state index in [-0.39, 0.29) is 25.7 Å². The van der Waals surface area contributed by atoms with E-state index in [0.29, 0.717) is 25.7 Å². The van der Waals surface area contributed by atoms with E-state index >= 15 is 0 Å². The topological polar surface area (TPSA) is 237 Å². The van der Waals surface area contributed by atoms with Crippen molar-refractivity contribution in [1.82, 2.24) is 0 Å². The summed E-state index contributed by atoms with van der Waals surface area (Å²) in [5.41, 5.74) is 0. The van der Waals surface area contributed by atoms with Crippen molar-refractivity contribution < 1.29 is 80.2 Å². The number of phosphoric ester groups is 2. The molecule has 0 saturated heterocycles. The lowest BCUT2D eigenvalue weighted by atomic mass is 10.1. The zero-order valence-corrected chi connectivity index (χ0v) is 59.8. The molecule has 0 saturated carbocycles. The molecule has 534 valence electrons. The van der Waals surface area contributed by atoms with Crippen molar-refractivity contribution in [1.29, 1.82) is 0 Å². The van der Waals surface area contributed by atoms with Crippen LogP contribution in [-0.2, 0) is 65.4 Å². The molecule has 0 spiro atoms. The van der Waals surface area contributed by atoms with Crippen molar-refractivity contribution in [3.63, 3.8) is 0 Å². The van der Waals surface area contributed by atoms with Crippen LogP contribution in [0.5, 0.6) is 0 Å². The molecule has 3 N–H and O–H groups in total. The minimum atomic E-state index is -4.97. The number of hydrogen-bond donors (Lipinski definition) is 3. The van der Waals surface area contributed by atoms with Gasteiger partial charge in [0.1, 0.15) is 19.3 Å². The van der Waals surface area contributed by atoms with Gasteiger partial charge >= 0.3 is 39.5 Å². The van der Waals surface area contributed by atoms with Gasteiger partial charge in [0.15, 0.2) is 12.2 Å². The van der Waals surface area contributed by atoms with Crippen molar-refractivity contribution in [3.8, 4) is 0 Å². The second-order valence-corrected chi connectivity index (χ2v) is 27.1. The van der Waals surface area contributed by atoms with Crippen LogP contribution >= 0.6 is 15.6 Å². The Hall–Kier alpha value is -3.50. The van der Waals surface area contributed by atoms with E-state index in [0.717, 1.165) is 167 Å². The summed E-state index contributed by atoms with van der Waals surface area (Å²) in [5, 5.41) is 10.6. The number of hydrogen-bond acceptors (Lipinski definition) is 15. The van der Waals surface area contributed by atoms with E-state index in [1.54, 1.807) is 0 Å². The molecule has 92 heavy (non-hydrogen) atoms. The van der Waals surface area contributed by atoms with Crippen molar-refractivity contribution in [3.05, 3.63) is 72.9 Å². The van der Waals surface area contributed by atoms with Gasteiger partial charge in [-0.1, -0.05) is 229 Å². The van der Waals surface area contributed by atoms with E-state index in [4.69, 9.17) is 37.0 Å². The van der Waals surface area contributed by atoms with Gasteiger partial charge in [-0.15, -0.1) is 0 Å². The molecule has 0 aromatic heterocycles. The molecule has 5 unspecified atom stereocenters. The van der Waals surface area contributed by atoms with Gasteiger partial charge < -0.3 is 33.8 Å². The van der Waals surface area contributed by atoms with E-state index in [1.807, 2.05) is 0 Å². The highest BCUT2D eigenvalue weighted by atomic mass is 31.2. The Balaban J connectivity index is 5.34. The van der Waals surface area contributed by atoms with Gasteiger partial charge in [-0.2, -0.15) is 0 Å². The first-order chi connectivity index (χ1) is 44.7. The fourth-order valence-electron chi connectivity index (χ4n) is 9.48. The largest absolute Gasteiger partial charge is 0.472 e. The summed E-state index contributed by atoms with van der Waals surface area (Å²) in [4.78, 5) is 72.6. The van der Waals surface area contributed by atoms with E-state index in [2.05, 4.69) is 101 Å². The number of carbonyl (C=O) groups is 4. The standard InChI is InChI=1S/C73H130O17P2/c1-5-9-13-17-21-25-29-31-33-35-39-42-46-50-54-58-71(76)84-64-69(90-73(78)60-56-52-48-44-40-36-34-32-30-26-22-18-14-10-6-2)66-88-92(81,82)86-62-67(74)61-85-91(79,80)87-65-68(89-72(77)59-55-51-47-43-38-28-24-20-16-12-8-4)63-83-70(75)57-53-49-45-41-37-27-23-19-15-11-7-3/h19-26,31-34,67-69,74H,5-18,27-30,35-66H2,1-4H3,(H,79,80)(H,81,82)/b23-19-,24-20-,25-21-,26-22-,33-31-,34-32-. The number of esters is 4. The summed E-state index contributed by atoms with van der Waals surface area (Å²) in [6.07, 6.45) is 63.4. The zero-order chi connectivity index (χ0) is 67.5. The molecule has 0 bridgehead atoms. The molecule has 0 aromatic rings. The first-order valence-electron chi connectivity index (χ1n) is 36.2. The second-order valence-electron chi connectivity index (χ2n) is 24.2. The molecule has 0 amide bonds. The Morgan fingerprint density at radius 2 is 0.543 bits per heavy atom. The maximum absolute atomic E-state index is 13.0. The third-order valence-corrected chi connectivity index (χ3v) is 17.0. The predicted molar refractivity (Wildman–Crippen MR) is 372 cm³/mol. The monoisotopic (exact) mass is 1340 g/mol. The highest BCUT2D eigenvalue weighted by Crippen LogP contribution is 2.45. The minimum Gasteiger partial charge on any atom is -0.462 e. The first-order valence-corrected chi connectivity index (χ1v) is 39.2. The Labute approximate surface area is 558 Å². The molecular weight excluding hydrogens is 1210 g/mol. The number of ether oxygens (including phenoxy) is 4. The Kier molecular flexibility index (Phi) is 63.6. The molecule has 0 rings (SSSR count). The van der Waals surface area contributed by atoms with Gasteiger partial charge in [-0.05, 0) is 128 Å². The summed E-state index contributed by atoms with van der Waals surface area (Å²) in [7, 11) is -9.94. The molecule has 19 heteroatoms. The maximum Gasteiger partial charge on any atom is 0.472 e. The Morgan fingerprint density at radius 3 is 0.848 bits per heavy atom.